The van der Waals surface area contributed by atoms with E-state index < -0.39 is 6.04 Å². The second-order valence-electron chi connectivity index (χ2n) is 10.6. The van der Waals surface area contributed by atoms with E-state index in [1.54, 1.807) is 25.7 Å². The van der Waals surface area contributed by atoms with Crippen LogP contribution in [0.5, 0.6) is 0 Å². The summed E-state index contributed by atoms with van der Waals surface area (Å²) in [5.41, 5.74) is 2.35. The number of carbonyl (C=O) groups excluding carboxylic acids is 3. The Labute approximate surface area is 207 Å². The molecule has 186 valence electrons. The quantitative estimate of drug-likeness (QED) is 0.575. The molecule has 1 aliphatic carbocycles. The first-order chi connectivity index (χ1) is 16.2. The van der Waals surface area contributed by atoms with E-state index in [1.807, 2.05) is 11.0 Å². The van der Waals surface area contributed by atoms with Gasteiger partial charge in [-0.25, -0.2) is 0 Å². The maximum atomic E-state index is 13.7. The summed E-state index contributed by atoms with van der Waals surface area (Å²) < 4.78 is 0. The van der Waals surface area contributed by atoms with Gasteiger partial charge in [-0.15, -0.1) is 11.8 Å². The molecule has 0 radical (unpaired) electrons. The van der Waals surface area contributed by atoms with Gasteiger partial charge in [0.25, 0.3) is 0 Å². The number of hydrogen-bond donors (Lipinski definition) is 3. The summed E-state index contributed by atoms with van der Waals surface area (Å²) in [6.07, 6.45) is 4.79. The molecule has 2 fully saturated rings. The number of aryl methyl sites for hydroxylation is 1. The highest BCUT2D eigenvalue weighted by Crippen LogP contribution is 2.47. The number of rotatable bonds is 6. The lowest BCUT2D eigenvalue weighted by molar-refractivity contribution is -0.139. The van der Waals surface area contributed by atoms with E-state index in [4.69, 9.17) is 0 Å². The van der Waals surface area contributed by atoms with Gasteiger partial charge < -0.3 is 20.9 Å². The van der Waals surface area contributed by atoms with E-state index in [-0.39, 0.29) is 53.1 Å². The van der Waals surface area contributed by atoms with Crippen molar-refractivity contribution in [1.29, 1.82) is 0 Å². The Balaban J connectivity index is 1.48. The lowest BCUT2D eigenvalue weighted by Gasteiger charge is -2.35. The standard InChI is InChI=1S/C26H38N4O3S/c1-16(27-4)24(32)29-20-12-13-34-23-15-26(2,3)21(30(23)25(20)33)14-22(31)28-19-11-7-9-17-8-5-6-10-18(17)19/h5-6,8,10,16,19-21,23,27H,7,9,11-15H2,1-4H3,(H,28,31)(H,29,32)/t16-,19+,20-,21?,23-/m0/s1. The molecule has 3 aliphatic rings. The molecule has 5 atom stereocenters. The van der Waals surface area contributed by atoms with Crippen LogP contribution in [0.2, 0.25) is 0 Å². The van der Waals surface area contributed by atoms with Crippen molar-refractivity contribution in [3.63, 3.8) is 0 Å². The lowest BCUT2D eigenvalue weighted by Crippen LogP contribution is -2.55. The van der Waals surface area contributed by atoms with Crippen LogP contribution in [-0.4, -0.2) is 58.9 Å². The number of carbonyl (C=O) groups is 3. The van der Waals surface area contributed by atoms with Crippen molar-refractivity contribution < 1.29 is 14.4 Å². The van der Waals surface area contributed by atoms with E-state index in [1.165, 1.54) is 11.1 Å². The smallest absolute Gasteiger partial charge is 0.246 e. The summed E-state index contributed by atoms with van der Waals surface area (Å²) in [5.74, 6) is 0.567. The molecule has 1 unspecified atom stereocenters. The normalized spacial score (nSPS) is 28.9. The third kappa shape index (κ3) is 5.13. The Morgan fingerprint density at radius 2 is 1.94 bits per heavy atom. The van der Waals surface area contributed by atoms with Gasteiger partial charge in [0.1, 0.15) is 6.04 Å². The van der Waals surface area contributed by atoms with E-state index in [0.717, 1.165) is 31.4 Å². The predicted octanol–water partition coefficient (Wildman–Crippen LogP) is 2.75. The van der Waals surface area contributed by atoms with Crippen LogP contribution in [0.3, 0.4) is 0 Å². The largest absolute Gasteiger partial charge is 0.349 e. The van der Waals surface area contributed by atoms with Crippen molar-refractivity contribution in [3.8, 4) is 0 Å². The van der Waals surface area contributed by atoms with Gasteiger partial charge >= 0.3 is 0 Å². The minimum Gasteiger partial charge on any atom is -0.349 e. The Kier molecular flexibility index (Phi) is 7.57. The van der Waals surface area contributed by atoms with Gasteiger partial charge in [-0.2, -0.15) is 0 Å². The minimum absolute atomic E-state index is 0.00753. The number of fused-ring (bicyclic) bond motifs is 2. The first-order valence-corrected chi connectivity index (χ1v) is 13.5. The van der Waals surface area contributed by atoms with Gasteiger partial charge in [0.05, 0.1) is 17.5 Å². The first kappa shape index (κ1) is 25.0. The summed E-state index contributed by atoms with van der Waals surface area (Å²) in [6.45, 7) is 6.09. The highest BCUT2D eigenvalue weighted by Gasteiger charge is 2.51. The highest BCUT2D eigenvalue weighted by molar-refractivity contribution is 7.99. The van der Waals surface area contributed by atoms with Gasteiger partial charge in [0.15, 0.2) is 0 Å². The molecule has 0 bridgehead atoms. The lowest BCUT2D eigenvalue weighted by atomic mass is 9.82. The number of nitrogens with one attached hydrogen (secondary N) is 3. The Hall–Kier alpha value is -2.06. The Morgan fingerprint density at radius 3 is 2.71 bits per heavy atom. The first-order valence-electron chi connectivity index (χ1n) is 12.5. The van der Waals surface area contributed by atoms with Crippen LogP contribution < -0.4 is 16.0 Å². The van der Waals surface area contributed by atoms with Crippen molar-refractivity contribution in [2.24, 2.45) is 5.41 Å². The number of thioether (sulfide) groups is 1. The zero-order valence-electron chi connectivity index (χ0n) is 20.7. The van der Waals surface area contributed by atoms with Gasteiger partial charge in [0, 0.05) is 12.5 Å². The fourth-order valence-corrected chi connectivity index (χ4v) is 7.19. The molecular weight excluding hydrogens is 448 g/mol. The number of amides is 3. The average Bonchev–Trinajstić information content (AvgIpc) is 2.96. The summed E-state index contributed by atoms with van der Waals surface area (Å²) >= 11 is 1.77. The van der Waals surface area contributed by atoms with Gasteiger partial charge in [0.2, 0.25) is 17.7 Å². The fraction of sp³-hybridized carbons (Fsp3) is 0.654. The van der Waals surface area contributed by atoms with Crippen LogP contribution in [0.1, 0.15) is 70.0 Å². The number of nitrogens with zero attached hydrogens (tertiary/aromatic N) is 1. The average molecular weight is 487 g/mol. The van der Waals surface area contributed by atoms with Crippen LogP contribution in [0.4, 0.5) is 0 Å². The zero-order chi connectivity index (χ0) is 24.5. The molecule has 4 rings (SSSR count). The van der Waals surface area contributed by atoms with E-state index in [0.29, 0.717) is 6.42 Å². The molecule has 0 aromatic heterocycles. The van der Waals surface area contributed by atoms with Crippen molar-refractivity contribution in [1.82, 2.24) is 20.9 Å². The van der Waals surface area contributed by atoms with Crippen LogP contribution in [-0.2, 0) is 20.8 Å². The van der Waals surface area contributed by atoms with Crippen LogP contribution in [0, 0.1) is 5.41 Å². The molecular formula is C26H38N4O3S. The van der Waals surface area contributed by atoms with Crippen molar-refractivity contribution in [3.05, 3.63) is 35.4 Å². The number of benzene rings is 1. The molecule has 2 heterocycles. The Bertz CT molecular complexity index is 936. The van der Waals surface area contributed by atoms with E-state index >= 15 is 0 Å². The van der Waals surface area contributed by atoms with Crippen LogP contribution in [0.25, 0.3) is 0 Å². The van der Waals surface area contributed by atoms with Crippen molar-refractivity contribution >= 4 is 29.5 Å². The molecule has 3 amide bonds. The molecule has 0 spiro atoms. The summed E-state index contributed by atoms with van der Waals surface area (Å²) in [6, 6.07) is 7.26. The number of likely N-dealkylation sites (N-methyl/N-ethyl adjacent to an activating group) is 1. The molecule has 1 aromatic rings. The van der Waals surface area contributed by atoms with E-state index in [9.17, 15) is 14.4 Å². The molecule has 2 saturated heterocycles. The molecule has 1 aromatic carbocycles. The predicted molar refractivity (Wildman–Crippen MR) is 135 cm³/mol. The van der Waals surface area contributed by atoms with Crippen molar-refractivity contribution in [2.75, 3.05) is 12.8 Å². The fourth-order valence-electron chi connectivity index (χ4n) is 5.59. The molecule has 7 nitrogen and oxygen atoms in total. The second-order valence-corrected chi connectivity index (χ2v) is 11.8. The van der Waals surface area contributed by atoms with Gasteiger partial charge in [-0.05, 0) is 68.4 Å². The van der Waals surface area contributed by atoms with Gasteiger partial charge in [-0.1, -0.05) is 38.1 Å². The molecule has 3 N–H and O–H groups in total. The summed E-state index contributed by atoms with van der Waals surface area (Å²) in [4.78, 5) is 41.3. The topological polar surface area (TPSA) is 90.5 Å². The number of hydrogen-bond acceptors (Lipinski definition) is 5. The molecule has 34 heavy (non-hydrogen) atoms. The molecule has 2 aliphatic heterocycles. The summed E-state index contributed by atoms with van der Waals surface area (Å²) in [7, 11) is 1.73. The maximum Gasteiger partial charge on any atom is 0.246 e. The zero-order valence-corrected chi connectivity index (χ0v) is 21.5. The van der Waals surface area contributed by atoms with E-state index in [2.05, 4.69) is 48.0 Å². The molecule has 8 heteroatoms. The van der Waals surface area contributed by atoms with Crippen LogP contribution in [0.15, 0.2) is 24.3 Å². The summed E-state index contributed by atoms with van der Waals surface area (Å²) in [5, 5.41) is 9.18. The van der Waals surface area contributed by atoms with Gasteiger partial charge in [-0.3, -0.25) is 14.4 Å². The van der Waals surface area contributed by atoms with Crippen molar-refractivity contribution in [2.45, 2.75) is 88.8 Å². The molecule has 0 saturated carbocycles. The maximum absolute atomic E-state index is 13.7. The SMILES string of the molecule is CN[C@@H](C)C(=O)N[C@H]1CCS[C@H]2CC(C)(C)C(CC(=O)N[C@@H]3CCCc4ccccc43)N2C1=O. The highest BCUT2D eigenvalue weighted by atomic mass is 32.2. The second kappa shape index (κ2) is 10.3. The Morgan fingerprint density at radius 1 is 1.18 bits per heavy atom. The third-order valence-corrected chi connectivity index (χ3v) is 8.99. The minimum atomic E-state index is -0.550. The van der Waals surface area contributed by atoms with Crippen LogP contribution >= 0.6 is 11.8 Å². The third-order valence-electron chi connectivity index (χ3n) is 7.74. The monoisotopic (exact) mass is 486 g/mol.